The number of fused-ring (bicyclic) bond motifs is 5. The number of nitrogens with zero attached hydrogens (tertiary/aromatic N) is 1. The number of hydrogen-bond donors (Lipinski definition) is 1. The van der Waals surface area contributed by atoms with Crippen LogP contribution < -0.4 is 5.32 Å². The van der Waals surface area contributed by atoms with E-state index in [-0.39, 0.29) is 6.10 Å². The maximum atomic E-state index is 5.81. The van der Waals surface area contributed by atoms with Crippen LogP contribution in [0.4, 0.5) is 0 Å². The molecule has 0 bridgehead atoms. The first-order chi connectivity index (χ1) is 13.0. The molecule has 4 fully saturated rings. The summed E-state index contributed by atoms with van der Waals surface area (Å²) in [7, 11) is 0. The molecule has 4 aliphatic carbocycles. The van der Waals surface area contributed by atoms with Gasteiger partial charge in [-0.05, 0) is 92.6 Å². The highest BCUT2D eigenvalue weighted by molar-refractivity contribution is 5.96. The first kappa shape index (κ1) is 18.0. The standard InChI is InChI=1S/C24H36N2O/c1-16-4-7-21-20-6-5-17-14-18(26-27-19-10-13-25-15-19)8-11-24(17,3)22(20)9-12-23(16,21)2/h14,19-22,25H,1,4-13,15H2,2-3H3/b26-18+/t19?,20?,21?,22?,23-,24+/m1/s1. The van der Waals surface area contributed by atoms with Gasteiger partial charge in [-0.1, -0.05) is 36.7 Å². The molecule has 0 aromatic heterocycles. The van der Waals surface area contributed by atoms with Crippen LogP contribution >= 0.6 is 0 Å². The van der Waals surface area contributed by atoms with Crippen molar-refractivity contribution in [3.05, 3.63) is 23.8 Å². The van der Waals surface area contributed by atoms with E-state index in [1.165, 1.54) is 50.7 Å². The van der Waals surface area contributed by atoms with E-state index in [0.717, 1.165) is 43.7 Å². The summed E-state index contributed by atoms with van der Waals surface area (Å²) in [5, 5.41) is 7.91. The average Bonchev–Trinajstić information content (AvgIpc) is 3.28. The van der Waals surface area contributed by atoms with Crippen LogP contribution in [0.3, 0.4) is 0 Å². The van der Waals surface area contributed by atoms with E-state index in [1.54, 1.807) is 11.1 Å². The molecule has 0 amide bonds. The Morgan fingerprint density at radius 1 is 1.04 bits per heavy atom. The number of oxime groups is 1. The summed E-state index contributed by atoms with van der Waals surface area (Å²) in [4.78, 5) is 5.81. The van der Waals surface area contributed by atoms with Crippen molar-refractivity contribution in [3.63, 3.8) is 0 Å². The molecule has 1 aliphatic heterocycles. The van der Waals surface area contributed by atoms with Gasteiger partial charge in [-0.3, -0.25) is 0 Å². The predicted octanol–water partition coefficient (Wildman–Crippen LogP) is 5.24. The summed E-state index contributed by atoms with van der Waals surface area (Å²) < 4.78 is 0. The lowest BCUT2D eigenvalue weighted by atomic mass is 9.47. The first-order valence-corrected chi connectivity index (χ1v) is 11.3. The van der Waals surface area contributed by atoms with E-state index < -0.39 is 0 Å². The minimum atomic E-state index is 0.270. The Kier molecular flexibility index (Phi) is 4.31. The molecule has 4 unspecified atom stereocenters. The van der Waals surface area contributed by atoms with Crippen molar-refractivity contribution in [2.24, 2.45) is 33.7 Å². The second-order valence-electron chi connectivity index (χ2n) is 10.4. The zero-order chi connectivity index (χ0) is 18.6. The number of nitrogens with one attached hydrogen (secondary N) is 1. The minimum Gasteiger partial charge on any atom is -0.391 e. The van der Waals surface area contributed by atoms with Gasteiger partial charge in [0.05, 0.1) is 5.71 Å². The van der Waals surface area contributed by atoms with Crippen LogP contribution in [0, 0.1) is 28.6 Å². The molecule has 0 radical (unpaired) electrons. The van der Waals surface area contributed by atoms with Gasteiger partial charge in [0, 0.05) is 13.0 Å². The Morgan fingerprint density at radius 2 is 1.89 bits per heavy atom. The molecule has 0 spiro atoms. The summed E-state index contributed by atoms with van der Waals surface area (Å²) in [6.07, 6.45) is 14.2. The highest BCUT2D eigenvalue weighted by atomic mass is 16.6. The van der Waals surface area contributed by atoms with Crippen molar-refractivity contribution in [1.29, 1.82) is 0 Å². The van der Waals surface area contributed by atoms with Gasteiger partial charge in [-0.25, -0.2) is 0 Å². The molecule has 3 heteroatoms. The van der Waals surface area contributed by atoms with Crippen LogP contribution in [0.25, 0.3) is 0 Å². The molecule has 0 aromatic rings. The van der Waals surface area contributed by atoms with Gasteiger partial charge < -0.3 is 10.2 Å². The van der Waals surface area contributed by atoms with E-state index in [2.05, 4.69) is 37.0 Å². The van der Waals surface area contributed by atoms with Gasteiger partial charge in [-0.2, -0.15) is 0 Å². The van der Waals surface area contributed by atoms with Crippen LogP contribution in [-0.2, 0) is 4.84 Å². The van der Waals surface area contributed by atoms with Crippen molar-refractivity contribution < 1.29 is 4.84 Å². The fraction of sp³-hybridized carbons (Fsp3) is 0.792. The minimum absolute atomic E-state index is 0.270. The summed E-state index contributed by atoms with van der Waals surface area (Å²) >= 11 is 0. The quantitative estimate of drug-likeness (QED) is 0.534. The van der Waals surface area contributed by atoms with E-state index in [4.69, 9.17) is 4.84 Å². The molecule has 3 saturated carbocycles. The second-order valence-corrected chi connectivity index (χ2v) is 10.4. The summed E-state index contributed by atoms with van der Waals surface area (Å²) in [5.74, 6) is 2.66. The molecule has 148 valence electrons. The molecule has 1 N–H and O–H groups in total. The normalized spacial score (nSPS) is 48.0. The Morgan fingerprint density at radius 3 is 2.70 bits per heavy atom. The van der Waals surface area contributed by atoms with Gasteiger partial charge in [-0.15, -0.1) is 0 Å². The fourth-order valence-corrected chi connectivity index (χ4v) is 7.41. The Balaban J connectivity index is 1.36. The largest absolute Gasteiger partial charge is 0.391 e. The maximum absolute atomic E-state index is 5.81. The summed E-state index contributed by atoms with van der Waals surface area (Å²) in [6, 6.07) is 0. The van der Waals surface area contributed by atoms with Crippen molar-refractivity contribution in [2.45, 2.75) is 77.7 Å². The van der Waals surface area contributed by atoms with Gasteiger partial charge in [0.15, 0.2) is 0 Å². The first-order valence-electron chi connectivity index (χ1n) is 11.3. The lowest BCUT2D eigenvalue weighted by molar-refractivity contribution is -0.0227. The monoisotopic (exact) mass is 368 g/mol. The molecular weight excluding hydrogens is 332 g/mol. The third-order valence-electron chi connectivity index (χ3n) is 9.27. The zero-order valence-corrected chi connectivity index (χ0v) is 17.2. The van der Waals surface area contributed by atoms with Crippen molar-refractivity contribution in [1.82, 2.24) is 5.32 Å². The van der Waals surface area contributed by atoms with E-state index in [1.807, 2.05) is 0 Å². The van der Waals surface area contributed by atoms with Crippen LogP contribution in [0.15, 0.2) is 29.0 Å². The molecule has 3 nitrogen and oxygen atoms in total. The summed E-state index contributed by atoms with van der Waals surface area (Å²) in [6.45, 7) is 11.6. The molecule has 1 saturated heterocycles. The van der Waals surface area contributed by atoms with Crippen molar-refractivity contribution >= 4 is 5.71 Å². The van der Waals surface area contributed by atoms with Crippen LogP contribution in [0.1, 0.15) is 71.6 Å². The molecule has 5 rings (SSSR count). The smallest absolute Gasteiger partial charge is 0.141 e. The topological polar surface area (TPSA) is 33.6 Å². The van der Waals surface area contributed by atoms with E-state index in [9.17, 15) is 0 Å². The Labute approximate surface area is 164 Å². The molecule has 1 heterocycles. The van der Waals surface area contributed by atoms with E-state index in [0.29, 0.717) is 10.8 Å². The van der Waals surface area contributed by atoms with Crippen molar-refractivity contribution in [2.75, 3.05) is 13.1 Å². The van der Waals surface area contributed by atoms with Gasteiger partial charge in [0.25, 0.3) is 0 Å². The molecule has 0 aromatic carbocycles. The average molecular weight is 369 g/mol. The van der Waals surface area contributed by atoms with Crippen LogP contribution in [0.5, 0.6) is 0 Å². The highest BCUT2D eigenvalue weighted by Crippen LogP contribution is 2.66. The van der Waals surface area contributed by atoms with E-state index >= 15 is 0 Å². The van der Waals surface area contributed by atoms with Gasteiger partial charge in [0.1, 0.15) is 6.10 Å². The van der Waals surface area contributed by atoms with Gasteiger partial charge >= 0.3 is 0 Å². The zero-order valence-electron chi connectivity index (χ0n) is 17.2. The molecule has 5 aliphatic rings. The Hall–Kier alpha value is -1.09. The predicted molar refractivity (Wildman–Crippen MR) is 111 cm³/mol. The lowest BCUT2D eigenvalue weighted by Gasteiger charge is -2.57. The van der Waals surface area contributed by atoms with Crippen LogP contribution in [-0.4, -0.2) is 24.9 Å². The third-order valence-corrected chi connectivity index (χ3v) is 9.27. The second kappa shape index (κ2) is 6.47. The highest BCUT2D eigenvalue weighted by Gasteiger charge is 2.57. The van der Waals surface area contributed by atoms with Crippen LogP contribution in [0.2, 0.25) is 0 Å². The van der Waals surface area contributed by atoms with Gasteiger partial charge in [0.2, 0.25) is 0 Å². The molecule has 6 atom stereocenters. The number of allylic oxidation sites excluding steroid dienone is 3. The molecular formula is C24H36N2O. The lowest BCUT2D eigenvalue weighted by Crippen LogP contribution is -2.49. The SMILES string of the molecule is C=C1CCC2C3CCC4=C/C(=N/OC5CCNC5)CC[C@]4(C)C3CC[C@]12C. The number of rotatable bonds is 2. The number of hydrogen-bond acceptors (Lipinski definition) is 3. The third kappa shape index (κ3) is 2.75. The molecule has 27 heavy (non-hydrogen) atoms. The maximum Gasteiger partial charge on any atom is 0.141 e. The fourth-order valence-electron chi connectivity index (χ4n) is 7.41. The Bertz CT molecular complexity index is 688. The van der Waals surface area contributed by atoms with Crippen molar-refractivity contribution in [3.8, 4) is 0 Å². The summed E-state index contributed by atoms with van der Waals surface area (Å²) in [5.41, 5.74) is 5.23.